The van der Waals surface area contributed by atoms with E-state index in [-0.39, 0.29) is 11.7 Å². The van der Waals surface area contributed by atoms with Gasteiger partial charge < -0.3 is 14.5 Å². The molecule has 30 heavy (non-hydrogen) atoms. The van der Waals surface area contributed by atoms with Crippen molar-refractivity contribution in [2.24, 2.45) is 5.16 Å². The van der Waals surface area contributed by atoms with E-state index in [0.29, 0.717) is 6.61 Å². The Kier molecular flexibility index (Phi) is 5.84. The molecule has 1 aromatic heterocycles. The Morgan fingerprint density at radius 2 is 1.60 bits per heavy atom. The lowest BCUT2D eigenvalue weighted by Gasteiger charge is -2.14. The SMILES string of the molecule is CC(C)c1c(/C=N/OCc2ccccc2)c2cc(O)ccc2n1Cc1ccccc1. The average molecular weight is 399 g/mol. The highest BCUT2D eigenvalue weighted by Crippen LogP contribution is 2.33. The molecule has 0 aliphatic rings. The van der Waals surface area contributed by atoms with Crippen LogP contribution in [0, 0.1) is 0 Å². The van der Waals surface area contributed by atoms with Crippen LogP contribution in [0.1, 0.15) is 42.1 Å². The van der Waals surface area contributed by atoms with Crippen molar-refractivity contribution in [3.63, 3.8) is 0 Å². The fraction of sp³-hybridized carbons (Fsp3) is 0.192. The van der Waals surface area contributed by atoms with Crippen molar-refractivity contribution in [3.05, 3.63) is 101 Å². The van der Waals surface area contributed by atoms with Crippen molar-refractivity contribution in [3.8, 4) is 5.75 Å². The van der Waals surface area contributed by atoms with E-state index in [9.17, 15) is 5.11 Å². The second-order valence-corrected chi connectivity index (χ2v) is 7.72. The second kappa shape index (κ2) is 8.87. The van der Waals surface area contributed by atoms with Crippen LogP contribution in [0.4, 0.5) is 0 Å². The van der Waals surface area contributed by atoms with Gasteiger partial charge in [-0.05, 0) is 35.2 Å². The van der Waals surface area contributed by atoms with Gasteiger partial charge >= 0.3 is 0 Å². The van der Waals surface area contributed by atoms with Gasteiger partial charge in [0.2, 0.25) is 0 Å². The van der Waals surface area contributed by atoms with Gasteiger partial charge in [0, 0.05) is 28.7 Å². The van der Waals surface area contributed by atoms with Gasteiger partial charge in [0.05, 0.1) is 6.21 Å². The molecule has 4 rings (SSSR count). The standard InChI is InChI=1S/C26H26N2O2/c1-19(2)26-24(16-27-30-18-21-11-7-4-8-12-21)23-15-22(29)13-14-25(23)28(26)17-20-9-5-3-6-10-20/h3-16,19,29H,17-18H2,1-2H3/b27-16+. The van der Waals surface area contributed by atoms with E-state index in [0.717, 1.165) is 28.6 Å². The van der Waals surface area contributed by atoms with E-state index in [2.05, 4.69) is 47.8 Å². The van der Waals surface area contributed by atoms with Crippen molar-refractivity contribution in [2.75, 3.05) is 0 Å². The first-order valence-corrected chi connectivity index (χ1v) is 10.2. The first-order chi connectivity index (χ1) is 14.6. The summed E-state index contributed by atoms with van der Waals surface area (Å²) in [4.78, 5) is 5.56. The minimum Gasteiger partial charge on any atom is -0.508 e. The fourth-order valence-corrected chi connectivity index (χ4v) is 3.86. The zero-order valence-electron chi connectivity index (χ0n) is 17.3. The third-order valence-electron chi connectivity index (χ3n) is 5.19. The van der Waals surface area contributed by atoms with Crippen LogP contribution in [0.5, 0.6) is 5.75 Å². The fourth-order valence-electron chi connectivity index (χ4n) is 3.86. The molecule has 0 radical (unpaired) electrons. The molecule has 0 aliphatic heterocycles. The normalized spacial score (nSPS) is 11.6. The van der Waals surface area contributed by atoms with Gasteiger partial charge in [-0.25, -0.2) is 0 Å². The number of hydrogen-bond donors (Lipinski definition) is 1. The van der Waals surface area contributed by atoms with E-state index >= 15 is 0 Å². The Bertz CT molecular complexity index is 1150. The zero-order chi connectivity index (χ0) is 20.9. The lowest BCUT2D eigenvalue weighted by Crippen LogP contribution is -2.07. The first-order valence-electron chi connectivity index (χ1n) is 10.2. The first kappa shape index (κ1) is 19.8. The third kappa shape index (κ3) is 4.23. The van der Waals surface area contributed by atoms with E-state index in [1.165, 1.54) is 11.3 Å². The summed E-state index contributed by atoms with van der Waals surface area (Å²) in [6.45, 7) is 5.53. The summed E-state index contributed by atoms with van der Waals surface area (Å²) in [5.41, 5.74) is 5.53. The summed E-state index contributed by atoms with van der Waals surface area (Å²) < 4.78 is 2.31. The quantitative estimate of drug-likeness (QED) is 0.303. The van der Waals surface area contributed by atoms with Crippen LogP contribution in [0.25, 0.3) is 10.9 Å². The summed E-state index contributed by atoms with van der Waals surface area (Å²) in [6.07, 6.45) is 1.78. The molecule has 0 saturated carbocycles. The van der Waals surface area contributed by atoms with E-state index in [1.807, 2.05) is 42.5 Å². The Morgan fingerprint density at radius 1 is 0.933 bits per heavy atom. The second-order valence-electron chi connectivity index (χ2n) is 7.72. The molecule has 4 heteroatoms. The molecule has 0 fully saturated rings. The molecule has 0 unspecified atom stereocenters. The highest BCUT2D eigenvalue weighted by atomic mass is 16.6. The number of phenolic OH excluding ortho intramolecular Hbond substituents is 1. The van der Waals surface area contributed by atoms with Gasteiger partial charge in [-0.3, -0.25) is 0 Å². The molecule has 1 N–H and O–H groups in total. The smallest absolute Gasteiger partial charge is 0.142 e. The maximum absolute atomic E-state index is 10.1. The van der Waals surface area contributed by atoms with Crippen LogP contribution in [0.2, 0.25) is 0 Å². The minimum atomic E-state index is 0.245. The maximum atomic E-state index is 10.1. The highest BCUT2D eigenvalue weighted by molar-refractivity contribution is 6.02. The van der Waals surface area contributed by atoms with Crippen LogP contribution in [0.3, 0.4) is 0 Å². The van der Waals surface area contributed by atoms with Crippen molar-refractivity contribution >= 4 is 17.1 Å². The van der Waals surface area contributed by atoms with Gasteiger partial charge in [-0.1, -0.05) is 79.7 Å². The molecule has 0 saturated heterocycles. The summed E-state index contributed by atoms with van der Waals surface area (Å²) in [5, 5.41) is 15.4. The molecule has 3 aromatic carbocycles. The summed E-state index contributed by atoms with van der Waals surface area (Å²) in [5.74, 6) is 0.522. The number of phenols is 1. The van der Waals surface area contributed by atoms with Gasteiger partial charge in [-0.2, -0.15) is 0 Å². The Morgan fingerprint density at radius 3 is 2.27 bits per heavy atom. The number of benzene rings is 3. The van der Waals surface area contributed by atoms with E-state index < -0.39 is 0 Å². The lowest BCUT2D eigenvalue weighted by molar-refractivity contribution is 0.132. The van der Waals surface area contributed by atoms with Crippen molar-refractivity contribution in [2.45, 2.75) is 32.9 Å². The van der Waals surface area contributed by atoms with Gasteiger partial charge in [0.15, 0.2) is 0 Å². The predicted molar refractivity (Wildman–Crippen MR) is 122 cm³/mol. The molecule has 4 nitrogen and oxygen atoms in total. The number of aromatic nitrogens is 1. The molecule has 152 valence electrons. The van der Waals surface area contributed by atoms with Crippen molar-refractivity contribution in [1.29, 1.82) is 0 Å². The molecule has 1 heterocycles. The Hall–Kier alpha value is -3.53. The zero-order valence-corrected chi connectivity index (χ0v) is 17.3. The third-order valence-corrected chi connectivity index (χ3v) is 5.19. The van der Waals surface area contributed by atoms with Gasteiger partial charge in [-0.15, -0.1) is 0 Å². The monoisotopic (exact) mass is 398 g/mol. The topological polar surface area (TPSA) is 46.8 Å². The highest BCUT2D eigenvalue weighted by Gasteiger charge is 2.19. The number of hydrogen-bond acceptors (Lipinski definition) is 3. The van der Waals surface area contributed by atoms with Crippen molar-refractivity contribution < 1.29 is 9.94 Å². The average Bonchev–Trinajstić information content (AvgIpc) is 3.05. The molecule has 4 aromatic rings. The largest absolute Gasteiger partial charge is 0.508 e. The van der Waals surface area contributed by atoms with E-state index in [4.69, 9.17) is 4.84 Å². The number of rotatable bonds is 7. The van der Waals surface area contributed by atoms with Gasteiger partial charge in [0.25, 0.3) is 0 Å². The van der Waals surface area contributed by atoms with Crippen LogP contribution in [-0.4, -0.2) is 15.9 Å². The van der Waals surface area contributed by atoms with E-state index in [1.54, 1.807) is 18.3 Å². The predicted octanol–water partition coefficient (Wildman–Crippen LogP) is 6.07. The van der Waals surface area contributed by atoms with Crippen LogP contribution in [0.15, 0.2) is 84.0 Å². The number of aromatic hydroxyl groups is 1. The molecule has 0 spiro atoms. The lowest BCUT2D eigenvalue weighted by atomic mass is 10.0. The van der Waals surface area contributed by atoms with Gasteiger partial charge in [0.1, 0.15) is 12.4 Å². The Labute approximate surface area is 177 Å². The van der Waals surface area contributed by atoms with Crippen molar-refractivity contribution in [1.82, 2.24) is 4.57 Å². The summed E-state index contributed by atoms with van der Waals surface area (Å²) in [6, 6.07) is 25.9. The molecule has 0 amide bonds. The summed E-state index contributed by atoms with van der Waals surface area (Å²) in [7, 11) is 0. The van der Waals surface area contributed by atoms with Crippen LogP contribution >= 0.6 is 0 Å². The molecule has 0 atom stereocenters. The number of nitrogens with zero attached hydrogens (tertiary/aromatic N) is 2. The minimum absolute atomic E-state index is 0.245. The molecule has 0 aliphatic carbocycles. The Balaban J connectivity index is 1.72. The van der Waals surface area contributed by atoms with Crippen LogP contribution < -0.4 is 0 Å². The molecule has 0 bridgehead atoms. The summed E-state index contributed by atoms with van der Waals surface area (Å²) >= 11 is 0. The van der Waals surface area contributed by atoms with Crippen LogP contribution in [-0.2, 0) is 18.0 Å². The maximum Gasteiger partial charge on any atom is 0.142 e. The number of oxime groups is 1. The molecular formula is C26H26N2O2. The molecular weight excluding hydrogens is 372 g/mol. The number of fused-ring (bicyclic) bond motifs is 1.